The van der Waals surface area contributed by atoms with Crippen molar-refractivity contribution >= 4 is 22.7 Å². The van der Waals surface area contributed by atoms with E-state index in [9.17, 15) is 0 Å². The van der Waals surface area contributed by atoms with Gasteiger partial charge in [0.05, 0.1) is 17.2 Å². The van der Waals surface area contributed by atoms with E-state index in [-0.39, 0.29) is 11.5 Å². The number of thiazole rings is 2. The van der Waals surface area contributed by atoms with Crippen LogP contribution in [0.3, 0.4) is 0 Å². The zero-order valence-corrected chi connectivity index (χ0v) is 12.9. The normalized spacial score (nSPS) is 13.8. The zero-order chi connectivity index (χ0) is 13.2. The van der Waals surface area contributed by atoms with E-state index in [2.05, 4.69) is 43.4 Å². The maximum Gasteiger partial charge on any atom is 0.115 e. The molecule has 0 fully saturated rings. The molecule has 1 atom stereocenters. The van der Waals surface area contributed by atoms with Crippen LogP contribution in [0, 0.1) is 0 Å². The molecule has 98 valence electrons. The molecule has 2 rings (SSSR count). The van der Waals surface area contributed by atoms with E-state index < -0.39 is 0 Å². The van der Waals surface area contributed by atoms with Crippen molar-refractivity contribution in [2.24, 2.45) is 0 Å². The number of hydrogen-bond acceptors (Lipinski definition) is 5. The van der Waals surface area contributed by atoms with Crippen LogP contribution in [0.5, 0.6) is 0 Å². The summed E-state index contributed by atoms with van der Waals surface area (Å²) in [6.07, 6.45) is 1.93. The Balaban J connectivity index is 2.29. The van der Waals surface area contributed by atoms with Crippen molar-refractivity contribution in [3.05, 3.63) is 32.7 Å². The van der Waals surface area contributed by atoms with E-state index in [0.717, 1.165) is 17.2 Å². The van der Waals surface area contributed by atoms with Gasteiger partial charge in [0.25, 0.3) is 0 Å². The predicted molar refractivity (Wildman–Crippen MR) is 78.4 cm³/mol. The van der Waals surface area contributed by atoms with Crippen molar-refractivity contribution in [3.63, 3.8) is 0 Å². The second-order valence-corrected chi connectivity index (χ2v) is 7.02. The summed E-state index contributed by atoms with van der Waals surface area (Å²) in [4.78, 5) is 10.2. The SMILES string of the molecule is CCNC(c1cncs1)c1nc(C(C)(C)C)cs1. The molecule has 0 radical (unpaired) electrons. The van der Waals surface area contributed by atoms with E-state index >= 15 is 0 Å². The second kappa shape index (κ2) is 5.47. The summed E-state index contributed by atoms with van der Waals surface area (Å²) in [6.45, 7) is 9.63. The molecule has 0 aliphatic carbocycles. The van der Waals surface area contributed by atoms with Crippen LogP contribution in [0.2, 0.25) is 0 Å². The fourth-order valence-corrected chi connectivity index (χ4v) is 3.55. The van der Waals surface area contributed by atoms with Crippen LogP contribution in [0.25, 0.3) is 0 Å². The lowest BCUT2D eigenvalue weighted by Gasteiger charge is -2.16. The summed E-state index contributed by atoms with van der Waals surface area (Å²) >= 11 is 3.40. The average Bonchev–Trinajstić information content (AvgIpc) is 2.96. The predicted octanol–water partition coefficient (Wildman–Crippen LogP) is 3.60. The second-order valence-electron chi connectivity index (χ2n) is 5.22. The molecule has 0 saturated heterocycles. The molecule has 3 nitrogen and oxygen atoms in total. The largest absolute Gasteiger partial charge is 0.304 e. The molecule has 5 heteroatoms. The topological polar surface area (TPSA) is 37.8 Å². The summed E-state index contributed by atoms with van der Waals surface area (Å²) < 4.78 is 0. The average molecular weight is 281 g/mol. The van der Waals surface area contributed by atoms with Crippen molar-refractivity contribution in [1.82, 2.24) is 15.3 Å². The van der Waals surface area contributed by atoms with Crippen LogP contribution in [0.4, 0.5) is 0 Å². The molecule has 0 aliphatic rings. The highest BCUT2D eigenvalue weighted by Crippen LogP contribution is 2.31. The minimum Gasteiger partial charge on any atom is -0.304 e. The Hall–Kier alpha value is -0.780. The van der Waals surface area contributed by atoms with E-state index in [1.807, 2.05) is 11.7 Å². The highest BCUT2D eigenvalue weighted by Gasteiger charge is 2.22. The summed E-state index contributed by atoms with van der Waals surface area (Å²) in [5.74, 6) is 0. The molecule has 0 bridgehead atoms. The van der Waals surface area contributed by atoms with E-state index in [1.54, 1.807) is 22.7 Å². The van der Waals surface area contributed by atoms with Crippen molar-refractivity contribution in [3.8, 4) is 0 Å². The number of nitrogens with zero attached hydrogens (tertiary/aromatic N) is 2. The summed E-state index contributed by atoms with van der Waals surface area (Å²) in [6, 6.07) is 0.184. The van der Waals surface area contributed by atoms with Crippen molar-refractivity contribution in [2.75, 3.05) is 6.54 Å². The van der Waals surface area contributed by atoms with Gasteiger partial charge in [0, 0.05) is 21.9 Å². The standard InChI is InChI=1S/C13H19N3S2/c1-5-15-11(9-6-14-8-18-9)12-16-10(7-17-12)13(2,3)4/h6-8,11,15H,5H2,1-4H3. The third-order valence-electron chi connectivity index (χ3n) is 2.68. The first kappa shape index (κ1) is 13.6. The molecular weight excluding hydrogens is 262 g/mol. The van der Waals surface area contributed by atoms with Gasteiger partial charge in [-0.3, -0.25) is 4.98 Å². The monoisotopic (exact) mass is 281 g/mol. The first-order chi connectivity index (χ1) is 8.52. The lowest BCUT2D eigenvalue weighted by atomic mass is 9.93. The van der Waals surface area contributed by atoms with Crippen LogP contribution in [0.15, 0.2) is 17.1 Å². The number of rotatable bonds is 4. The third-order valence-corrected chi connectivity index (χ3v) is 4.43. The number of aromatic nitrogens is 2. The van der Waals surface area contributed by atoms with Crippen LogP contribution in [0.1, 0.15) is 49.3 Å². The molecule has 2 heterocycles. The zero-order valence-electron chi connectivity index (χ0n) is 11.2. The van der Waals surface area contributed by atoms with Crippen LogP contribution < -0.4 is 5.32 Å². The van der Waals surface area contributed by atoms with Gasteiger partial charge in [-0.05, 0) is 6.54 Å². The van der Waals surface area contributed by atoms with E-state index in [0.29, 0.717) is 0 Å². The molecule has 0 aliphatic heterocycles. The molecule has 18 heavy (non-hydrogen) atoms. The number of hydrogen-bond donors (Lipinski definition) is 1. The molecule has 0 spiro atoms. The quantitative estimate of drug-likeness (QED) is 0.930. The van der Waals surface area contributed by atoms with Gasteiger partial charge in [0.15, 0.2) is 0 Å². The highest BCUT2D eigenvalue weighted by molar-refractivity contribution is 7.11. The summed E-state index contributed by atoms with van der Waals surface area (Å²) in [5.41, 5.74) is 3.15. The first-order valence-electron chi connectivity index (χ1n) is 6.10. The van der Waals surface area contributed by atoms with Gasteiger partial charge < -0.3 is 5.32 Å². The molecule has 0 amide bonds. The molecule has 1 unspecified atom stereocenters. The van der Waals surface area contributed by atoms with Crippen LogP contribution in [-0.2, 0) is 5.41 Å². The fraction of sp³-hybridized carbons (Fsp3) is 0.538. The lowest BCUT2D eigenvalue weighted by Crippen LogP contribution is -2.21. The van der Waals surface area contributed by atoms with Crippen molar-refractivity contribution in [2.45, 2.75) is 39.2 Å². The van der Waals surface area contributed by atoms with Crippen molar-refractivity contribution < 1.29 is 0 Å². The number of nitrogens with one attached hydrogen (secondary N) is 1. The van der Waals surface area contributed by atoms with Crippen LogP contribution >= 0.6 is 22.7 Å². The van der Waals surface area contributed by atoms with Gasteiger partial charge in [0.1, 0.15) is 5.01 Å². The molecule has 2 aromatic heterocycles. The Bertz CT molecular complexity index is 483. The summed E-state index contributed by atoms with van der Waals surface area (Å²) in [7, 11) is 0. The molecular formula is C13H19N3S2. The van der Waals surface area contributed by atoms with Crippen molar-refractivity contribution in [1.29, 1.82) is 0 Å². The maximum absolute atomic E-state index is 4.79. The molecule has 2 aromatic rings. The molecule has 0 aromatic carbocycles. The molecule has 1 N–H and O–H groups in total. The third kappa shape index (κ3) is 2.96. The summed E-state index contributed by atoms with van der Waals surface area (Å²) in [5, 5.41) is 6.78. The fourth-order valence-electron chi connectivity index (χ4n) is 1.65. The van der Waals surface area contributed by atoms with Gasteiger partial charge in [-0.25, -0.2) is 4.98 Å². The lowest BCUT2D eigenvalue weighted by molar-refractivity contribution is 0.563. The Morgan fingerprint density at radius 1 is 1.33 bits per heavy atom. The Morgan fingerprint density at radius 2 is 2.11 bits per heavy atom. The van der Waals surface area contributed by atoms with Crippen LogP contribution in [-0.4, -0.2) is 16.5 Å². The van der Waals surface area contributed by atoms with E-state index in [1.165, 1.54) is 4.88 Å². The van der Waals surface area contributed by atoms with Gasteiger partial charge in [-0.15, -0.1) is 22.7 Å². The minimum absolute atomic E-state index is 0.110. The van der Waals surface area contributed by atoms with Gasteiger partial charge in [-0.2, -0.15) is 0 Å². The molecule has 0 saturated carbocycles. The van der Waals surface area contributed by atoms with Gasteiger partial charge in [0.2, 0.25) is 0 Å². The highest BCUT2D eigenvalue weighted by atomic mass is 32.1. The smallest absolute Gasteiger partial charge is 0.115 e. The Labute approximate surface area is 116 Å². The minimum atomic E-state index is 0.110. The first-order valence-corrected chi connectivity index (χ1v) is 7.86. The van der Waals surface area contributed by atoms with Gasteiger partial charge in [-0.1, -0.05) is 27.7 Å². The van der Waals surface area contributed by atoms with E-state index in [4.69, 9.17) is 4.98 Å². The maximum atomic E-state index is 4.79. The van der Waals surface area contributed by atoms with Gasteiger partial charge >= 0.3 is 0 Å². The Morgan fingerprint density at radius 3 is 2.61 bits per heavy atom. The Kier molecular flexibility index (Phi) is 4.14.